The number of nitrogens with one attached hydrogen (secondary N) is 1. The van der Waals surface area contributed by atoms with Crippen LogP contribution in [0, 0.1) is 5.41 Å². The van der Waals surface area contributed by atoms with Crippen LogP contribution in [0.15, 0.2) is 30.3 Å². The summed E-state index contributed by atoms with van der Waals surface area (Å²) in [5.41, 5.74) is 0.623. The molecule has 0 spiro atoms. The van der Waals surface area contributed by atoms with Gasteiger partial charge in [-0.05, 0) is 50.1 Å². The van der Waals surface area contributed by atoms with Crippen molar-refractivity contribution in [1.82, 2.24) is 5.32 Å². The summed E-state index contributed by atoms with van der Waals surface area (Å²) in [7, 11) is 0. The number of aliphatic carboxylic acids is 1. The minimum atomic E-state index is -0.829. The molecule has 3 heteroatoms. The fourth-order valence-electron chi connectivity index (χ4n) is 2.20. The Morgan fingerprint density at radius 1 is 1.10 bits per heavy atom. The molecule has 0 amide bonds. The standard InChI is InChI=1S/C18H29NO2/c1-17(2,3)12-13-18(4,16(20)21)19-14-8-11-15-9-6-5-7-10-15/h5-7,9-10,19H,8,11-14H2,1-4H3,(H,20,21). The highest BCUT2D eigenvalue weighted by Crippen LogP contribution is 2.25. The number of carbonyl (C=O) groups is 1. The highest BCUT2D eigenvalue weighted by atomic mass is 16.4. The number of carboxylic acid groups (broad SMARTS) is 1. The quantitative estimate of drug-likeness (QED) is 0.715. The van der Waals surface area contributed by atoms with E-state index in [-0.39, 0.29) is 5.41 Å². The van der Waals surface area contributed by atoms with Gasteiger partial charge in [0.25, 0.3) is 0 Å². The van der Waals surface area contributed by atoms with E-state index in [4.69, 9.17) is 0 Å². The predicted molar refractivity (Wildman–Crippen MR) is 87.5 cm³/mol. The van der Waals surface area contributed by atoms with Gasteiger partial charge in [0, 0.05) is 0 Å². The SMILES string of the molecule is CC(C)(C)CCC(C)(NCCCc1ccccc1)C(=O)O. The fourth-order valence-corrected chi connectivity index (χ4v) is 2.20. The average molecular weight is 291 g/mol. The minimum absolute atomic E-state index is 0.155. The molecular formula is C18H29NO2. The van der Waals surface area contributed by atoms with E-state index >= 15 is 0 Å². The van der Waals surface area contributed by atoms with E-state index in [1.165, 1.54) is 5.56 Å². The van der Waals surface area contributed by atoms with E-state index in [0.717, 1.165) is 25.8 Å². The predicted octanol–water partition coefficient (Wildman–Crippen LogP) is 3.88. The van der Waals surface area contributed by atoms with Crippen LogP contribution in [0.5, 0.6) is 0 Å². The monoisotopic (exact) mass is 291 g/mol. The number of aryl methyl sites for hydroxylation is 1. The Labute approximate surface area is 128 Å². The Kier molecular flexibility index (Phi) is 6.41. The van der Waals surface area contributed by atoms with Gasteiger partial charge in [-0.3, -0.25) is 4.79 Å². The Hall–Kier alpha value is -1.35. The lowest BCUT2D eigenvalue weighted by atomic mass is 9.84. The van der Waals surface area contributed by atoms with Crippen LogP contribution >= 0.6 is 0 Å². The summed E-state index contributed by atoms with van der Waals surface area (Å²) in [5.74, 6) is -0.758. The van der Waals surface area contributed by atoms with E-state index in [1.807, 2.05) is 18.2 Å². The molecule has 0 fully saturated rings. The molecule has 0 saturated heterocycles. The van der Waals surface area contributed by atoms with Gasteiger partial charge >= 0.3 is 5.97 Å². The lowest BCUT2D eigenvalue weighted by Crippen LogP contribution is -2.50. The highest BCUT2D eigenvalue weighted by Gasteiger charge is 2.33. The van der Waals surface area contributed by atoms with E-state index in [1.54, 1.807) is 6.92 Å². The summed E-state index contributed by atoms with van der Waals surface area (Å²) >= 11 is 0. The Bertz CT molecular complexity index is 436. The molecule has 21 heavy (non-hydrogen) atoms. The number of benzene rings is 1. The van der Waals surface area contributed by atoms with Crippen molar-refractivity contribution in [3.63, 3.8) is 0 Å². The van der Waals surface area contributed by atoms with Crippen LogP contribution in [0.3, 0.4) is 0 Å². The highest BCUT2D eigenvalue weighted by molar-refractivity contribution is 5.78. The first-order valence-electron chi connectivity index (χ1n) is 7.75. The Morgan fingerprint density at radius 2 is 1.71 bits per heavy atom. The second-order valence-electron chi connectivity index (χ2n) is 7.21. The molecule has 0 heterocycles. The molecule has 0 saturated carbocycles. The molecular weight excluding hydrogens is 262 g/mol. The third kappa shape index (κ3) is 6.76. The van der Waals surface area contributed by atoms with Gasteiger partial charge in [0.1, 0.15) is 5.54 Å². The van der Waals surface area contributed by atoms with Crippen LogP contribution in [0.1, 0.15) is 52.5 Å². The van der Waals surface area contributed by atoms with Gasteiger partial charge in [0.2, 0.25) is 0 Å². The van der Waals surface area contributed by atoms with Crippen molar-refractivity contribution in [2.45, 2.75) is 58.9 Å². The molecule has 0 aliphatic rings. The maximum Gasteiger partial charge on any atom is 0.323 e. The molecule has 2 N–H and O–H groups in total. The molecule has 1 rings (SSSR count). The first-order valence-corrected chi connectivity index (χ1v) is 7.75. The van der Waals surface area contributed by atoms with Gasteiger partial charge in [-0.2, -0.15) is 0 Å². The lowest BCUT2D eigenvalue weighted by molar-refractivity contribution is -0.144. The molecule has 3 nitrogen and oxygen atoms in total. The number of hydrogen-bond donors (Lipinski definition) is 2. The average Bonchev–Trinajstić information content (AvgIpc) is 2.42. The summed E-state index contributed by atoms with van der Waals surface area (Å²) in [4.78, 5) is 11.5. The van der Waals surface area contributed by atoms with Crippen molar-refractivity contribution >= 4 is 5.97 Å². The second kappa shape index (κ2) is 7.60. The van der Waals surface area contributed by atoms with Gasteiger partial charge < -0.3 is 10.4 Å². The number of carboxylic acids is 1. The molecule has 1 atom stereocenters. The van der Waals surface area contributed by atoms with Gasteiger partial charge in [0.05, 0.1) is 0 Å². The van der Waals surface area contributed by atoms with Crippen molar-refractivity contribution < 1.29 is 9.90 Å². The largest absolute Gasteiger partial charge is 0.480 e. The van der Waals surface area contributed by atoms with E-state index < -0.39 is 11.5 Å². The smallest absolute Gasteiger partial charge is 0.323 e. The summed E-state index contributed by atoms with van der Waals surface area (Å²) in [6.45, 7) is 8.95. The van der Waals surface area contributed by atoms with Gasteiger partial charge in [-0.25, -0.2) is 0 Å². The number of hydrogen-bond acceptors (Lipinski definition) is 2. The van der Waals surface area contributed by atoms with Crippen molar-refractivity contribution in [3.8, 4) is 0 Å². The molecule has 0 radical (unpaired) electrons. The van der Waals surface area contributed by atoms with E-state index in [9.17, 15) is 9.90 Å². The molecule has 0 bridgehead atoms. The van der Waals surface area contributed by atoms with Gasteiger partial charge in [-0.15, -0.1) is 0 Å². The topological polar surface area (TPSA) is 49.3 Å². The van der Waals surface area contributed by atoms with Gasteiger partial charge in [-0.1, -0.05) is 51.1 Å². The Balaban J connectivity index is 2.42. The maximum atomic E-state index is 11.5. The molecule has 0 aromatic heterocycles. The molecule has 1 unspecified atom stereocenters. The van der Waals surface area contributed by atoms with Crippen LogP contribution in [0.2, 0.25) is 0 Å². The van der Waals surface area contributed by atoms with E-state index in [2.05, 4.69) is 38.2 Å². The first-order chi connectivity index (χ1) is 9.73. The first kappa shape index (κ1) is 17.7. The van der Waals surface area contributed by atoms with Crippen molar-refractivity contribution in [3.05, 3.63) is 35.9 Å². The summed E-state index contributed by atoms with van der Waals surface area (Å²) < 4.78 is 0. The number of rotatable bonds is 8. The molecule has 1 aromatic carbocycles. The van der Waals surface area contributed by atoms with Crippen molar-refractivity contribution in [2.24, 2.45) is 5.41 Å². The zero-order chi connectivity index (χ0) is 15.9. The maximum absolute atomic E-state index is 11.5. The van der Waals surface area contributed by atoms with E-state index in [0.29, 0.717) is 6.42 Å². The van der Waals surface area contributed by atoms with Crippen LogP contribution in [0.25, 0.3) is 0 Å². The molecule has 0 aliphatic heterocycles. The summed E-state index contributed by atoms with van der Waals surface area (Å²) in [5, 5.41) is 12.7. The van der Waals surface area contributed by atoms with Crippen LogP contribution < -0.4 is 5.32 Å². The molecule has 0 aliphatic carbocycles. The molecule has 1 aromatic rings. The van der Waals surface area contributed by atoms with Crippen molar-refractivity contribution in [1.29, 1.82) is 0 Å². The Morgan fingerprint density at radius 3 is 2.24 bits per heavy atom. The normalized spacial score (nSPS) is 14.7. The fraction of sp³-hybridized carbons (Fsp3) is 0.611. The summed E-state index contributed by atoms with van der Waals surface area (Å²) in [6.07, 6.45) is 3.46. The summed E-state index contributed by atoms with van der Waals surface area (Å²) in [6, 6.07) is 10.3. The zero-order valence-corrected chi connectivity index (χ0v) is 13.8. The minimum Gasteiger partial charge on any atom is -0.480 e. The van der Waals surface area contributed by atoms with Gasteiger partial charge in [0.15, 0.2) is 0 Å². The van der Waals surface area contributed by atoms with Crippen LogP contribution in [-0.4, -0.2) is 23.2 Å². The van der Waals surface area contributed by atoms with Crippen LogP contribution in [-0.2, 0) is 11.2 Å². The zero-order valence-electron chi connectivity index (χ0n) is 13.8. The van der Waals surface area contributed by atoms with Crippen molar-refractivity contribution in [2.75, 3.05) is 6.54 Å². The lowest BCUT2D eigenvalue weighted by Gasteiger charge is -2.30. The second-order valence-corrected chi connectivity index (χ2v) is 7.21. The third-order valence-corrected chi connectivity index (χ3v) is 3.85. The molecule has 118 valence electrons. The third-order valence-electron chi connectivity index (χ3n) is 3.85. The van der Waals surface area contributed by atoms with Crippen LogP contribution in [0.4, 0.5) is 0 Å².